The lowest BCUT2D eigenvalue weighted by molar-refractivity contribution is 0.0873. The number of hydrogen-bond acceptors (Lipinski definition) is 6. The van der Waals surface area contributed by atoms with Crippen molar-refractivity contribution in [3.05, 3.63) is 0 Å². The Kier molecular flexibility index (Phi) is 7.59. The van der Waals surface area contributed by atoms with E-state index in [0.717, 1.165) is 0 Å². The van der Waals surface area contributed by atoms with Crippen molar-refractivity contribution in [3.63, 3.8) is 0 Å². The van der Waals surface area contributed by atoms with Crippen molar-refractivity contribution in [1.29, 1.82) is 0 Å². The van der Waals surface area contributed by atoms with Gasteiger partial charge in [-0.3, -0.25) is 0 Å². The highest BCUT2D eigenvalue weighted by molar-refractivity contribution is 5.23. The van der Waals surface area contributed by atoms with Crippen LogP contribution in [0.3, 0.4) is 0 Å². The second-order valence-electron chi connectivity index (χ2n) is 5.92. The highest BCUT2D eigenvalue weighted by Gasteiger charge is 2.57. The van der Waals surface area contributed by atoms with Crippen molar-refractivity contribution in [1.82, 2.24) is 0 Å². The summed E-state index contributed by atoms with van der Waals surface area (Å²) in [7, 11) is 0. The molecule has 0 aliphatic carbocycles. The van der Waals surface area contributed by atoms with Gasteiger partial charge in [-0.05, 0) is 25.7 Å². The number of hydrogen-bond donors (Lipinski definition) is 6. The minimum Gasteiger partial charge on any atom is -0.326 e. The summed E-state index contributed by atoms with van der Waals surface area (Å²) in [5.41, 5.74) is 36.6. The van der Waals surface area contributed by atoms with Gasteiger partial charge >= 0.3 is 0 Å². The Bertz CT molecular complexity index is 235. The van der Waals surface area contributed by atoms with Crippen molar-refractivity contribution >= 4 is 0 Å². The zero-order chi connectivity index (χ0) is 16.1. The smallest absolute Gasteiger partial charge is 0.0673 e. The van der Waals surface area contributed by atoms with Gasteiger partial charge in [-0.25, -0.2) is 0 Å². The van der Waals surface area contributed by atoms with Crippen molar-refractivity contribution in [2.75, 3.05) is 0 Å². The van der Waals surface area contributed by atoms with Crippen LogP contribution in [0.15, 0.2) is 0 Å². The van der Waals surface area contributed by atoms with E-state index in [1.165, 1.54) is 0 Å². The monoisotopic (exact) mass is 288 g/mol. The van der Waals surface area contributed by atoms with Crippen LogP contribution in [-0.2, 0) is 0 Å². The fourth-order valence-electron chi connectivity index (χ4n) is 3.19. The first-order valence-corrected chi connectivity index (χ1v) is 7.78. The molecule has 0 radical (unpaired) electrons. The number of nitrogens with two attached hydrogens (primary N) is 6. The molecule has 4 unspecified atom stereocenters. The Balaban J connectivity index is 6.01. The molecule has 0 rings (SSSR count). The molecule has 0 amide bonds. The molecule has 4 atom stereocenters. The predicted molar refractivity (Wildman–Crippen MR) is 86.9 cm³/mol. The SMILES string of the molecule is CCC(N)C(N)(C(N)CC)C(N)(C(N)CC)C(N)CC. The van der Waals surface area contributed by atoms with Gasteiger partial charge in [0.2, 0.25) is 0 Å². The maximum Gasteiger partial charge on any atom is 0.0673 e. The van der Waals surface area contributed by atoms with Gasteiger partial charge in [0.25, 0.3) is 0 Å². The first-order valence-electron chi connectivity index (χ1n) is 7.78. The van der Waals surface area contributed by atoms with Crippen LogP contribution in [0, 0.1) is 0 Å². The van der Waals surface area contributed by atoms with Crippen LogP contribution in [0.4, 0.5) is 0 Å². The predicted octanol–water partition coefficient (Wildman–Crippen LogP) is -0.669. The van der Waals surface area contributed by atoms with Crippen LogP contribution >= 0.6 is 0 Å². The summed E-state index contributed by atoms with van der Waals surface area (Å²) >= 11 is 0. The molecule has 0 aromatic heterocycles. The van der Waals surface area contributed by atoms with Gasteiger partial charge in [0.05, 0.1) is 11.1 Å². The summed E-state index contributed by atoms with van der Waals surface area (Å²) in [5.74, 6) is 0. The average molecular weight is 288 g/mol. The molecule has 122 valence electrons. The molecule has 12 N–H and O–H groups in total. The molecular formula is C14H36N6. The highest BCUT2D eigenvalue weighted by Crippen LogP contribution is 2.33. The second kappa shape index (κ2) is 7.68. The molecular weight excluding hydrogens is 252 g/mol. The maximum atomic E-state index is 6.70. The second-order valence-corrected chi connectivity index (χ2v) is 5.92. The molecule has 0 aliphatic heterocycles. The summed E-state index contributed by atoms with van der Waals surface area (Å²) in [4.78, 5) is 0. The van der Waals surface area contributed by atoms with Crippen molar-refractivity contribution < 1.29 is 0 Å². The van der Waals surface area contributed by atoms with E-state index in [4.69, 9.17) is 34.4 Å². The van der Waals surface area contributed by atoms with Crippen molar-refractivity contribution in [2.45, 2.75) is 88.6 Å². The molecule has 20 heavy (non-hydrogen) atoms. The molecule has 0 spiro atoms. The van der Waals surface area contributed by atoms with Crippen LogP contribution in [0.2, 0.25) is 0 Å². The Morgan fingerprint density at radius 1 is 0.550 bits per heavy atom. The zero-order valence-electron chi connectivity index (χ0n) is 13.6. The largest absolute Gasteiger partial charge is 0.326 e. The third-order valence-electron chi connectivity index (χ3n) is 4.96. The summed E-state index contributed by atoms with van der Waals surface area (Å²) in [6.07, 6.45) is 2.71. The molecule has 0 fully saturated rings. The standard InChI is InChI=1S/C14H36N6/c1-5-9(15)13(19,10(16)6-2)14(20,11(17)7-3)12(18)8-4/h9-12H,5-8,15-20H2,1-4H3. The van der Waals surface area contributed by atoms with Gasteiger partial charge in [-0.15, -0.1) is 0 Å². The fraction of sp³-hybridized carbons (Fsp3) is 1.00. The van der Waals surface area contributed by atoms with Crippen molar-refractivity contribution in [2.24, 2.45) is 34.4 Å². The van der Waals surface area contributed by atoms with Crippen LogP contribution in [0.1, 0.15) is 53.4 Å². The first-order chi connectivity index (χ1) is 9.18. The summed E-state index contributed by atoms with van der Waals surface area (Å²) < 4.78 is 0. The maximum absolute atomic E-state index is 6.70. The Morgan fingerprint density at radius 3 is 0.800 bits per heavy atom. The summed E-state index contributed by atoms with van der Waals surface area (Å²) in [6.45, 7) is 7.90. The number of rotatable bonds is 9. The topological polar surface area (TPSA) is 156 Å². The fourth-order valence-corrected chi connectivity index (χ4v) is 3.19. The van der Waals surface area contributed by atoms with E-state index in [1.807, 2.05) is 27.7 Å². The van der Waals surface area contributed by atoms with Crippen LogP contribution in [-0.4, -0.2) is 35.2 Å². The first kappa shape index (κ1) is 19.8. The van der Waals surface area contributed by atoms with Gasteiger partial charge < -0.3 is 34.4 Å². The van der Waals surface area contributed by atoms with E-state index < -0.39 is 11.1 Å². The zero-order valence-corrected chi connectivity index (χ0v) is 13.6. The third kappa shape index (κ3) is 3.00. The van der Waals surface area contributed by atoms with Crippen LogP contribution < -0.4 is 34.4 Å². The van der Waals surface area contributed by atoms with E-state index in [9.17, 15) is 0 Å². The molecule has 0 saturated heterocycles. The summed E-state index contributed by atoms with van der Waals surface area (Å²) in [5, 5.41) is 0. The van der Waals surface area contributed by atoms with Gasteiger partial charge in [0.15, 0.2) is 0 Å². The van der Waals surface area contributed by atoms with E-state index in [1.54, 1.807) is 0 Å². The van der Waals surface area contributed by atoms with E-state index in [-0.39, 0.29) is 24.2 Å². The van der Waals surface area contributed by atoms with Gasteiger partial charge in [-0.1, -0.05) is 27.7 Å². The minimum atomic E-state index is -0.999. The third-order valence-corrected chi connectivity index (χ3v) is 4.96. The molecule has 0 aromatic rings. The van der Waals surface area contributed by atoms with Crippen LogP contribution in [0.5, 0.6) is 0 Å². The Morgan fingerprint density at radius 2 is 0.700 bits per heavy atom. The molecule has 0 heterocycles. The molecule has 0 aliphatic rings. The molecule has 6 heteroatoms. The van der Waals surface area contributed by atoms with Gasteiger partial charge in [0, 0.05) is 24.2 Å². The lowest BCUT2D eigenvalue weighted by Gasteiger charge is -2.57. The minimum absolute atomic E-state index is 0.349. The van der Waals surface area contributed by atoms with Gasteiger partial charge in [-0.2, -0.15) is 0 Å². The molecule has 0 bridgehead atoms. The summed E-state index contributed by atoms with van der Waals surface area (Å²) in [6, 6.07) is -1.40. The van der Waals surface area contributed by atoms with Crippen LogP contribution in [0.25, 0.3) is 0 Å². The Hall–Kier alpha value is -0.240. The molecule has 0 saturated carbocycles. The van der Waals surface area contributed by atoms with E-state index >= 15 is 0 Å². The van der Waals surface area contributed by atoms with E-state index in [2.05, 4.69) is 0 Å². The highest BCUT2D eigenvalue weighted by atomic mass is 15.1. The molecule has 6 nitrogen and oxygen atoms in total. The lowest BCUT2D eigenvalue weighted by Crippen LogP contribution is -2.88. The Labute approximate surface area is 124 Å². The average Bonchev–Trinajstić information content (AvgIpc) is 2.49. The quantitative estimate of drug-likeness (QED) is 0.330. The lowest BCUT2D eigenvalue weighted by atomic mass is 9.60. The van der Waals surface area contributed by atoms with Gasteiger partial charge in [0.1, 0.15) is 0 Å². The van der Waals surface area contributed by atoms with Crippen molar-refractivity contribution in [3.8, 4) is 0 Å². The molecule has 0 aromatic carbocycles. The van der Waals surface area contributed by atoms with E-state index in [0.29, 0.717) is 25.7 Å². The normalized spacial score (nSPS) is 24.3.